The molecule has 1 atom stereocenters. The second-order valence-corrected chi connectivity index (χ2v) is 4.72. The Morgan fingerprint density at radius 2 is 2.04 bits per heavy atom. The highest BCUT2D eigenvalue weighted by Gasteiger charge is 2.12. The SMILES string of the molecule is C=C/C(C#CC)=C\C=C/C.CC.CC1C=CC(NC(=O)C(=O)O)=CC1. The molecule has 4 nitrogen and oxygen atoms in total. The van der Waals surface area contributed by atoms with Crippen LogP contribution in [0.4, 0.5) is 0 Å². The van der Waals surface area contributed by atoms with Gasteiger partial charge in [-0.15, -0.1) is 5.92 Å². The number of hydrogen-bond donors (Lipinski definition) is 2. The molecule has 1 amide bonds. The van der Waals surface area contributed by atoms with Crippen LogP contribution in [-0.4, -0.2) is 17.0 Å². The molecular formula is C21H29NO3. The first kappa shape index (κ1) is 24.5. The van der Waals surface area contributed by atoms with Crippen molar-refractivity contribution >= 4 is 11.9 Å². The van der Waals surface area contributed by atoms with E-state index in [1.165, 1.54) is 0 Å². The van der Waals surface area contributed by atoms with Gasteiger partial charge in [-0.3, -0.25) is 4.79 Å². The number of aliphatic carboxylic acids is 1. The molecule has 4 heteroatoms. The van der Waals surface area contributed by atoms with E-state index >= 15 is 0 Å². The molecule has 0 aliphatic heterocycles. The van der Waals surface area contributed by atoms with E-state index < -0.39 is 11.9 Å². The first-order valence-electron chi connectivity index (χ1n) is 8.25. The molecule has 0 saturated carbocycles. The van der Waals surface area contributed by atoms with Crippen molar-refractivity contribution in [1.29, 1.82) is 0 Å². The fourth-order valence-electron chi connectivity index (χ4n) is 1.51. The maximum atomic E-state index is 10.7. The van der Waals surface area contributed by atoms with Crippen LogP contribution < -0.4 is 5.32 Å². The third kappa shape index (κ3) is 13.3. The maximum absolute atomic E-state index is 10.7. The Hall–Kier alpha value is -2.80. The number of carbonyl (C=O) groups is 2. The molecule has 0 aromatic rings. The average Bonchev–Trinajstić information content (AvgIpc) is 2.62. The van der Waals surface area contributed by atoms with Crippen molar-refractivity contribution in [2.75, 3.05) is 0 Å². The van der Waals surface area contributed by atoms with E-state index in [4.69, 9.17) is 5.11 Å². The quantitative estimate of drug-likeness (QED) is 0.454. The number of nitrogens with one attached hydrogen (secondary N) is 1. The van der Waals surface area contributed by atoms with Gasteiger partial charge in [0.15, 0.2) is 0 Å². The van der Waals surface area contributed by atoms with Crippen LogP contribution in [0.5, 0.6) is 0 Å². The number of rotatable bonds is 3. The highest BCUT2D eigenvalue weighted by molar-refractivity contribution is 6.32. The van der Waals surface area contributed by atoms with Gasteiger partial charge >= 0.3 is 11.9 Å². The van der Waals surface area contributed by atoms with Crippen molar-refractivity contribution in [1.82, 2.24) is 5.32 Å². The van der Waals surface area contributed by atoms with Crippen molar-refractivity contribution in [3.63, 3.8) is 0 Å². The summed E-state index contributed by atoms with van der Waals surface area (Å²) in [5.74, 6) is 3.70. The fraction of sp³-hybridized carbons (Fsp3) is 0.333. The van der Waals surface area contributed by atoms with E-state index in [1.54, 1.807) is 12.2 Å². The van der Waals surface area contributed by atoms with Crippen LogP contribution in [0.25, 0.3) is 0 Å². The molecule has 0 heterocycles. The van der Waals surface area contributed by atoms with Gasteiger partial charge in [0.25, 0.3) is 0 Å². The minimum absolute atomic E-state index is 0.450. The normalized spacial score (nSPS) is 15.3. The molecule has 25 heavy (non-hydrogen) atoms. The van der Waals surface area contributed by atoms with Gasteiger partial charge in [0.1, 0.15) is 0 Å². The number of hydrogen-bond acceptors (Lipinski definition) is 2. The van der Waals surface area contributed by atoms with Gasteiger partial charge < -0.3 is 10.4 Å². The second-order valence-electron chi connectivity index (χ2n) is 4.72. The summed E-state index contributed by atoms with van der Waals surface area (Å²) in [7, 11) is 0. The van der Waals surface area contributed by atoms with E-state index in [1.807, 2.05) is 65.0 Å². The van der Waals surface area contributed by atoms with Gasteiger partial charge in [0.2, 0.25) is 0 Å². The van der Waals surface area contributed by atoms with Crippen molar-refractivity contribution < 1.29 is 14.7 Å². The van der Waals surface area contributed by atoms with E-state index in [0.29, 0.717) is 11.6 Å². The molecule has 1 aliphatic rings. The van der Waals surface area contributed by atoms with E-state index in [0.717, 1.165) is 12.0 Å². The average molecular weight is 343 g/mol. The Morgan fingerprint density at radius 1 is 1.40 bits per heavy atom. The van der Waals surface area contributed by atoms with Crippen LogP contribution in [0.2, 0.25) is 0 Å². The summed E-state index contributed by atoms with van der Waals surface area (Å²) in [4.78, 5) is 20.9. The van der Waals surface area contributed by atoms with Crippen LogP contribution in [-0.2, 0) is 9.59 Å². The molecule has 2 N–H and O–H groups in total. The van der Waals surface area contributed by atoms with E-state index in [-0.39, 0.29) is 0 Å². The van der Waals surface area contributed by atoms with Gasteiger partial charge in [-0.25, -0.2) is 4.79 Å². The largest absolute Gasteiger partial charge is 0.474 e. The summed E-state index contributed by atoms with van der Waals surface area (Å²) in [6.45, 7) is 13.5. The van der Waals surface area contributed by atoms with Crippen LogP contribution in [0, 0.1) is 17.8 Å². The van der Waals surface area contributed by atoms with Gasteiger partial charge in [-0.2, -0.15) is 0 Å². The zero-order valence-electron chi connectivity index (χ0n) is 15.8. The van der Waals surface area contributed by atoms with Crippen molar-refractivity contribution in [2.24, 2.45) is 5.92 Å². The molecule has 0 saturated heterocycles. The summed E-state index contributed by atoms with van der Waals surface area (Å²) in [6, 6.07) is 0. The molecule has 1 aliphatic carbocycles. The number of amides is 1. The highest BCUT2D eigenvalue weighted by Crippen LogP contribution is 2.13. The molecular weight excluding hydrogens is 314 g/mol. The molecule has 1 rings (SSSR count). The summed E-state index contributed by atoms with van der Waals surface area (Å²) < 4.78 is 0. The molecule has 0 aromatic heterocycles. The van der Waals surface area contributed by atoms with Crippen LogP contribution in [0.3, 0.4) is 0 Å². The first-order valence-corrected chi connectivity index (χ1v) is 8.25. The summed E-state index contributed by atoms with van der Waals surface area (Å²) in [5.41, 5.74) is 1.52. The Balaban J connectivity index is 0. The van der Waals surface area contributed by atoms with Crippen molar-refractivity contribution in [2.45, 2.75) is 41.0 Å². The molecule has 0 spiro atoms. The maximum Gasteiger partial charge on any atom is 0.394 e. The van der Waals surface area contributed by atoms with Gasteiger partial charge in [0, 0.05) is 11.3 Å². The molecule has 1 unspecified atom stereocenters. The van der Waals surface area contributed by atoms with E-state index in [2.05, 4.69) is 23.7 Å². The predicted molar refractivity (Wildman–Crippen MR) is 105 cm³/mol. The molecule has 0 radical (unpaired) electrons. The number of carboxylic acid groups (broad SMARTS) is 1. The van der Waals surface area contributed by atoms with Crippen LogP contribution in [0.1, 0.15) is 41.0 Å². The molecule has 136 valence electrons. The smallest absolute Gasteiger partial charge is 0.394 e. The van der Waals surface area contributed by atoms with Gasteiger partial charge in [-0.05, 0) is 38.3 Å². The lowest BCUT2D eigenvalue weighted by Gasteiger charge is -2.11. The highest BCUT2D eigenvalue weighted by atomic mass is 16.4. The summed E-state index contributed by atoms with van der Waals surface area (Å²) >= 11 is 0. The number of carbonyl (C=O) groups excluding carboxylic acids is 1. The number of allylic oxidation sites excluding steroid dienone is 8. The fourth-order valence-corrected chi connectivity index (χ4v) is 1.51. The third-order valence-corrected chi connectivity index (χ3v) is 2.72. The Labute approximate surface area is 151 Å². The topological polar surface area (TPSA) is 66.4 Å². The first-order chi connectivity index (χ1) is 11.9. The lowest BCUT2D eigenvalue weighted by Crippen LogP contribution is -2.30. The van der Waals surface area contributed by atoms with E-state index in [9.17, 15) is 9.59 Å². The Kier molecular flexibility index (Phi) is 15.7. The second kappa shape index (κ2) is 16.1. The standard InChI is InChI=1S/C10H12.C9H11NO3.C2H6/c1-4-7-9-10(6-3)8-5-2;1-6-2-4-7(5-3-6)10-8(11)9(12)13;1-2/h4,6-7,9H,3H2,1-2H3;2,4-6H,3H2,1H3,(H,10,11)(H,12,13);1-2H3/b7-4-,10-9+;;. The van der Waals surface area contributed by atoms with Crippen molar-refractivity contribution in [3.05, 3.63) is 60.4 Å². The molecule has 0 bridgehead atoms. The Bertz CT molecular complexity index is 611. The zero-order valence-corrected chi connectivity index (χ0v) is 15.8. The van der Waals surface area contributed by atoms with Gasteiger partial charge in [0.05, 0.1) is 0 Å². The van der Waals surface area contributed by atoms with Crippen LogP contribution in [0.15, 0.2) is 60.4 Å². The monoisotopic (exact) mass is 343 g/mol. The Morgan fingerprint density at radius 3 is 2.44 bits per heavy atom. The van der Waals surface area contributed by atoms with Crippen molar-refractivity contribution in [3.8, 4) is 11.8 Å². The molecule has 0 aromatic carbocycles. The summed E-state index contributed by atoms with van der Waals surface area (Å²) in [5, 5.41) is 10.6. The predicted octanol–water partition coefficient (Wildman–Crippen LogP) is 4.39. The molecule has 0 fully saturated rings. The van der Waals surface area contributed by atoms with Crippen LogP contribution >= 0.6 is 0 Å². The minimum atomic E-state index is -1.46. The van der Waals surface area contributed by atoms with Gasteiger partial charge in [-0.1, -0.05) is 63.7 Å². The summed E-state index contributed by atoms with van der Waals surface area (Å²) in [6.07, 6.45) is 13.9. The lowest BCUT2D eigenvalue weighted by atomic mass is 10.0. The zero-order chi connectivity index (χ0) is 19.7. The lowest BCUT2D eigenvalue weighted by molar-refractivity contribution is -0.149. The third-order valence-electron chi connectivity index (χ3n) is 2.72. The number of carboxylic acids is 1. The minimum Gasteiger partial charge on any atom is -0.474 e.